The van der Waals surface area contributed by atoms with Crippen LogP contribution < -0.4 is 4.90 Å². The molecule has 0 bridgehead atoms. The number of carbonyl (C=O) groups is 2. The standard InChI is InChI=1S/C32H41N3O9/c1-6-35(23-14-12-22(13-15-23)34-33-21-10-8-7-9-11-21)18-19-38-25(36)16-17-26(37)40-28-27(24-20-39-31(2,3)42-24)41-30-29(28)43-32(4,5)44-30/h7-15,24,27-30H,6,16-20H2,1-5H3/t24-,27-,28+,29+,30-/m1/s1. The van der Waals surface area contributed by atoms with Crippen LogP contribution >= 0.6 is 0 Å². The quantitative estimate of drug-likeness (QED) is 0.234. The Labute approximate surface area is 257 Å². The van der Waals surface area contributed by atoms with E-state index in [0.29, 0.717) is 6.54 Å². The van der Waals surface area contributed by atoms with E-state index in [-0.39, 0.29) is 26.1 Å². The summed E-state index contributed by atoms with van der Waals surface area (Å²) in [4.78, 5) is 27.4. The van der Waals surface area contributed by atoms with Crippen molar-refractivity contribution in [2.75, 3.05) is 31.2 Å². The number of ether oxygens (including phenoxy) is 7. The lowest BCUT2D eigenvalue weighted by Crippen LogP contribution is -2.45. The summed E-state index contributed by atoms with van der Waals surface area (Å²) in [6.07, 6.45) is -3.48. The summed E-state index contributed by atoms with van der Waals surface area (Å²) in [6, 6.07) is 17.2. The van der Waals surface area contributed by atoms with Gasteiger partial charge < -0.3 is 38.1 Å². The highest BCUT2D eigenvalue weighted by Gasteiger charge is 2.60. The second-order valence-electron chi connectivity index (χ2n) is 11.7. The average molecular weight is 612 g/mol. The van der Waals surface area contributed by atoms with Crippen molar-refractivity contribution < 1.29 is 42.7 Å². The molecule has 3 saturated heterocycles. The largest absolute Gasteiger partial charge is 0.464 e. The van der Waals surface area contributed by atoms with E-state index in [4.69, 9.17) is 33.2 Å². The van der Waals surface area contributed by atoms with E-state index in [0.717, 1.165) is 23.6 Å². The summed E-state index contributed by atoms with van der Waals surface area (Å²) in [5, 5.41) is 8.51. The van der Waals surface area contributed by atoms with Gasteiger partial charge in [-0.15, -0.1) is 0 Å². The predicted molar refractivity (Wildman–Crippen MR) is 159 cm³/mol. The van der Waals surface area contributed by atoms with Gasteiger partial charge in [-0.05, 0) is 71.0 Å². The molecule has 3 aliphatic heterocycles. The molecule has 12 nitrogen and oxygen atoms in total. The zero-order chi connectivity index (χ0) is 31.3. The fourth-order valence-corrected chi connectivity index (χ4v) is 5.38. The molecule has 0 N–H and O–H groups in total. The molecule has 3 heterocycles. The van der Waals surface area contributed by atoms with Gasteiger partial charge in [-0.3, -0.25) is 9.59 Å². The molecule has 0 unspecified atom stereocenters. The Morgan fingerprint density at radius 3 is 2.20 bits per heavy atom. The van der Waals surface area contributed by atoms with Crippen molar-refractivity contribution in [1.29, 1.82) is 0 Å². The summed E-state index contributed by atoms with van der Waals surface area (Å²) >= 11 is 0. The number of nitrogens with zero attached hydrogens (tertiary/aromatic N) is 3. The second kappa shape index (κ2) is 13.7. The van der Waals surface area contributed by atoms with Gasteiger partial charge in [0.25, 0.3) is 0 Å². The third kappa shape index (κ3) is 8.19. The van der Waals surface area contributed by atoms with Crippen LogP contribution in [0.25, 0.3) is 0 Å². The molecule has 44 heavy (non-hydrogen) atoms. The van der Waals surface area contributed by atoms with Crippen molar-refractivity contribution in [2.45, 2.75) is 89.7 Å². The number of anilines is 1. The van der Waals surface area contributed by atoms with Gasteiger partial charge in [0.1, 0.15) is 18.8 Å². The minimum atomic E-state index is -0.886. The SMILES string of the molecule is CCN(CCOC(=O)CCC(=O)O[C@@H]1[C@@H]2OC(C)(C)O[C@H]2O[C@@H]1[C@H]1COC(C)(C)O1)c1ccc(N=Nc2ccccc2)cc1. The third-order valence-corrected chi connectivity index (χ3v) is 7.48. The second-order valence-corrected chi connectivity index (χ2v) is 11.7. The summed E-state index contributed by atoms with van der Waals surface area (Å²) in [7, 11) is 0. The molecular weight excluding hydrogens is 570 g/mol. The van der Waals surface area contributed by atoms with E-state index in [1.54, 1.807) is 13.8 Å². The van der Waals surface area contributed by atoms with Gasteiger partial charge in [0, 0.05) is 12.2 Å². The molecular formula is C32H41N3O9. The van der Waals surface area contributed by atoms with Gasteiger partial charge >= 0.3 is 11.9 Å². The maximum Gasteiger partial charge on any atom is 0.306 e. The molecule has 12 heteroatoms. The average Bonchev–Trinajstić information content (AvgIpc) is 3.62. The number of fused-ring (bicyclic) bond motifs is 1. The topological polar surface area (TPSA) is 127 Å². The van der Waals surface area contributed by atoms with Crippen molar-refractivity contribution in [1.82, 2.24) is 0 Å². The molecule has 3 aliphatic rings. The predicted octanol–water partition coefficient (Wildman–Crippen LogP) is 5.19. The Morgan fingerprint density at radius 1 is 0.864 bits per heavy atom. The lowest BCUT2D eigenvalue weighted by molar-refractivity contribution is -0.235. The molecule has 0 aliphatic carbocycles. The number of hydrogen-bond donors (Lipinski definition) is 0. The van der Waals surface area contributed by atoms with Crippen LogP contribution in [-0.4, -0.2) is 80.5 Å². The van der Waals surface area contributed by atoms with Crippen molar-refractivity contribution in [2.24, 2.45) is 10.2 Å². The number of esters is 2. The molecule has 0 amide bonds. The highest BCUT2D eigenvalue weighted by Crippen LogP contribution is 2.42. The van der Waals surface area contributed by atoms with E-state index in [1.807, 2.05) is 75.4 Å². The van der Waals surface area contributed by atoms with E-state index in [1.165, 1.54) is 0 Å². The molecule has 0 radical (unpaired) electrons. The van der Waals surface area contributed by atoms with Crippen LogP contribution in [0, 0.1) is 0 Å². The maximum absolute atomic E-state index is 12.8. The van der Waals surface area contributed by atoms with Gasteiger partial charge in [-0.1, -0.05) is 18.2 Å². The molecule has 5 rings (SSSR count). The number of benzene rings is 2. The van der Waals surface area contributed by atoms with Crippen molar-refractivity contribution in [3.63, 3.8) is 0 Å². The number of hydrogen-bond acceptors (Lipinski definition) is 12. The minimum absolute atomic E-state index is 0.114. The first-order valence-electron chi connectivity index (χ1n) is 15.0. The highest BCUT2D eigenvalue weighted by molar-refractivity contribution is 5.77. The molecule has 3 fully saturated rings. The summed E-state index contributed by atoms with van der Waals surface area (Å²) in [5.74, 6) is -2.71. The van der Waals surface area contributed by atoms with Crippen LogP contribution in [0.1, 0.15) is 47.5 Å². The van der Waals surface area contributed by atoms with Crippen LogP contribution in [0.4, 0.5) is 17.1 Å². The Bertz CT molecular complexity index is 1300. The van der Waals surface area contributed by atoms with Crippen LogP contribution in [0.5, 0.6) is 0 Å². The van der Waals surface area contributed by atoms with Gasteiger partial charge in [0.15, 0.2) is 30.1 Å². The van der Waals surface area contributed by atoms with Crippen LogP contribution in [-0.2, 0) is 42.7 Å². The Morgan fingerprint density at radius 2 is 1.55 bits per heavy atom. The zero-order valence-electron chi connectivity index (χ0n) is 25.8. The molecule has 0 saturated carbocycles. The number of azo groups is 1. The van der Waals surface area contributed by atoms with Crippen molar-refractivity contribution in [3.8, 4) is 0 Å². The zero-order valence-corrected chi connectivity index (χ0v) is 25.8. The van der Waals surface area contributed by atoms with Gasteiger partial charge in [0.05, 0.1) is 37.4 Å². The fourth-order valence-electron chi connectivity index (χ4n) is 5.38. The maximum atomic E-state index is 12.8. The monoisotopic (exact) mass is 611 g/mol. The molecule has 0 aromatic heterocycles. The first kappa shape index (κ1) is 32.0. The lowest BCUT2D eigenvalue weighted by atomic mass is 10.1. The molecule has 2 aromatic rings. The molecule has 2 aromatic carbocycles. The van der Waals surface area contributed by atoms with Crippen LogP contribution in [0.15, 0.2) is 64.8 Å². The van der Waals surface area contributed by atoms with Crippen LogP contribution in [0.3, 0.4) is 0 Å². The lowest BCUT2D eigenvalue weighted by Gasteiger charge is -2.28. The van der Waals surface area contributed by atoms with Crippen LogP contribution in [0.2, 0.25) is 0 Å². The number of rotatable bonds is 12. The Hall–Kier alpha value is -3.42. The third-order valence-electron chi connectivity index (χ3n) is 7.48. The minimum Gasteiger partial charge on any atom is -0.464 e. The molecule has 0 spiro atoms. The van der Waals surface area contributed by atoms with E-state index in [2.05, 4.69) is 15.1 Å². The Balaban J connectivity index is 1.06. The van der Waals surface area contributed by atoms with E-state index < -0.39 is 54.2 Å². The number of likely N-dealkylation sites (N-methyl/N-ethyl adjacent to an activating group) is 1. The summed E-state index contributed by atoms with van der Waals surface area (Å²) < 4.78 is 40.8. The smallest absolute Gasteiger partial charge is 0.306 e. The summed E-state index contributed by atoms with van der Waals surface area (Å²) in [5.41, 5.74) is 2.49. The van der Waals surface area contributed by atoms with Gasteiger partial charge in [-0.25, -0.2) is 0 Å². The molecule has 5 atom stereocenters. The molecule has 238 valence electrons. The normalized spacial score (nSPS) is 26.9. The first-order valence-corrected chi connectivity index (χ1v) is 15.0. The van der Waals surface area contributed by atoms with E-state index >= 15 is 0 Å². The fraction of sp³-hybridized carbons (Fsp3) is 0.562. The van der Waals surface area contributed by atoms with Gasteiger partial charge in [0.2, 0.25) is 0 Å². The first-order chi connectivity index (χ1) is 21.0. The highest BCUT2D eigenvalue weighted by atomic mass is 16.8. The van der Waals surface area contributed by atoms with E-state index in [9.17, 15) is 9.59 Å². The van der Waals surface area contributed by atoms with Gasteiger partial charge in [-0.2, -0.15) is 10.2 Å². The van der Waals surface area contributed by atoms with Crippen molar-refractivity contribution in [3.05, 3.63) is 54.6 Å². The van der Waals surface area contributed by atoms with Crippen molar-refractivity contribution >= 4 is 29.0 Å². The number of carbonyl (C=O) groups excluding carboxylic acids is 2. The Kier molecular flexibility index (Phi) is 9.96. The summed E-state index contributed by atoms with van der Waals surface area (Å²) in [6.45, 7) is 10.8.